The minimum atomic E-state index is 0.663. The van der Waals surface area contributed by atoms with E-state index in [9.17, 15) is 0 Å². The molecule has 0 bridgehead atoms. The molecule has 18 heavy (non-hydrogen) atoms. The molecular formula is C12H7BrClN3S. The lowest BCUT2D eigenvalue weighted by Gasteiger charge is -1.98. The van der Waals surface area contributed by atoms with Crippen LogP contribution in [0.5, 0.6) is 0 Å². The summed E-state index contributed by atoms with van der Waals surface area (Å²) in [5.74, 6) is 1.45. The van der Waals surface area contributed by atoms with Crippen LogP contribution in [0, 0.1) is 0 Å². The molecule has 0 aliphatic heterocycles. The lowest BCUT2D eigenvalue weighted by Crippen LogP contribution is -1.81. The molecule has 0 aliphatic carbocycles. The largest absolute Gasteiger partial charge is 0.258 e. The maximum Gasteiger partial charge on any atom is 0.181 e. The van der Waals surface area contributed by atoms with Gasteiger partial charge in [-0.3, -0.25) is 5.10 Å². The summed E-state index contributed by atoms with van der Waals surface area (Å²) < 4.78 is 0.837. The Hall–Kier alpha value is -1.17. The second kappa shape index (κ2) is 4.84. The highest BCUT2D eigenvalue weighted by Crippen LogP contribution is 2.28. The van der Waals surface area contributed by atoms with Crippen LogP contribution in [-0.4, -0.2) is 15.2 Å². The highest BCUT2D eigenvalue weighted by molar-refractivity contribution is 9.10. The quantitative estimate of drug-likeness (QED) is 0.740. The van der Waals surface area contributed by atoms with Crippen molar-refractivity contribution in [1.29, 1.82) is 0 Å². The summed E-state index contributed by atoms with van der Waals surface area (Å²) in [6.45, 7) is 0. The third kappa shape index (κ3) is 2.21. The molecule has 0 amide bonds. The average Bonchev–Trinajstić information content (AvgIpc) is 3.01. The van der Waals surface area contributed by atoms with Crippen molar-refractivity contribution in [3.8, 4) is 22.1 Å². The summed E-state index contributed by atoms with van der Waals surface area (Å²) in [5.41, 5.74) is 0.922. The van der Waals surface area contributed by atoms with Crippen LogP contribution >= 0.6 is 38.9 Å². The van der Waals surface area contributed by atoms with Crippen LogP contribution in [0.4, 0.5) is 0 Å². The first-order valence-electron chi connectivity index (χ1n) is 5.16. The van der Waals surface area contributed by atoms with Gasteiger partial charge in [0.15, 0.2) is 11.6 Å². The van der Waals surface area contributed by atoms with Crippen molar-refractivity contribution in [1.82, 2.24) is 15.2 Å². The third-order valence-electron chi connectivity index (χ3n) is 2.42. The SMILES string of the molecule is Clc1ccc(-c2n[nH]c(-c3cccs3)n2)cc1Br. The summed E-state index contributed by atoms with van der Waals surface area (Å²) in [7, 11) is 0. The number of thiophene rings is 1. The first-order valence-corrected chi connectivity index (χ1v) is 7.21. The lowest BCUT2D eigenvalue weighted by atomic mass is 10.2. The summed E-state index contributed by atoms with van der Waals surface area (Å²) in [5, 5.41) is 9.85. The predicted octanol–water partition coefficient (Wildman–Crippen LogP) is 4.62. The first-order chi connectivity index (χ1) is 8.74. The number of H-pyrrole nitrogens is 1. The topological polar surface area (TPSA) is 41.6 Å². The van der Waals surface area contributed by atoms with Gasteiger partial charge in [0.25, 0.3) is 0 Å². The van der Waals surface area contributed by atoms with Gasteiger partial charge in [-0.1, -0.05) is 17.7 Å². The van der Waals surface area contributed by atoms with E-state index in [0.29, 0.717) is 10.8 Å². The van der Waals surface area contributed by atoms with Gasteiger partial charge in [-0.05, 0) is 45.6 Å². The molecule has 0 radical (unpaired) electrons. The second-order valence-corrected chi connectivity index (χ2v) is 5.82. The van der Waals surface area contributed by atoms with Crippen LogP contribution in [-0.2, 0) is 0 Å². The van der Waals surface area contributed by atoms with Crippen molar-refractivity contribution in [2.75, 3.05) is 0 Å². The van der Waals surface area contributed by atoms with Gasteiger partial charge >= 0.3 is 0 Å². The zero-order valence-electron chi connectivity index (χ0n) is 9.02. The molecule has 2 aromatic heterocycles. The maximum absolute atomic E-state index is 5.96. The van der Waals surface area contributed by atoms with Crippen LogP contribution < -0.4 is 0 Å². The van der Waals surface area contributed by atoms with E-state index in [1.165, 1.54) is 0 Å². The Morgan fingerprint density at radius 2 is 2.17 bits per heavy atom. The summed E-state index contributed by atoms with van der Waals surface area (Å²) in [6.07, 6.45) is 0. The lowest BCUT2D eigenvalue weighted by molar-refractivity contribution is 1.10. The number of halogens is 2. The van der Waals surface area contributed by atoms with Crippen molar-refractivity contribution in [3.63, 3.8) is 0 Å². The molecule has 0 fully saturated rings. The Labute approximate surface area is 121 Å². The summed E-state index contributed by atoms with van der Waals surface area (Å²) in [6, 6.07) is 9.62. The van der Waals surface area contributed by atoms with Gasteiger partial charge in [0.2, 0.25) is 0 Å². The van der Waals surface area contributed by atoms with Crippen LogP contribution in [0.2, 0.25) is 5.02 Å². The molecule has 6 heteroatoms. The Balaban J connectivity index is 2.00. The minimum Gasteiger partial charge on any atom is -0.258 e. The van der Waals surface area contributed by atoms with E-state index >= 15 is 0 Å². The molecule has 0 saturated heterocycles. The first kappa shape index (κ1) is 11.9. The number of aromatic amines is 1. The normalized spacial score (nSPS) is 10.8. The smallest absolute Gasteiger partial charge is 0.181 e. The number of nitrogens with zero attached hydrogens (tertiary/aromatic N) is 2. The molecule has 0 aliphatic rings. The van der Waals surface area contributed by atoms with Gasteiger partial charge in [-0.25, -0.2) is 4.98 Å². The van der Waals surface area contributed by atoms with E-state index in [0.717, 1.165) is 20.7 Å². The molecule has 1 N–H and O–H groups in total. The summed E-state index contributed by atoms with van der Waals surface area (Å²) in [4.78, 5) is 5.54. The van der Waals surface area contributed by atoms with Crippen LogP contribution in [0.3, 0.4) is 0 Å². The zero-order chi connectivity index (χ0) is 12.5. The fourth-order valence-corrected chi connectivity index (χ4v) is 2.71. The van der Waals surface area contributed by atoms with Gasteiger partial charge in [-0.2, -0.15) is 5.10 Å². The zero-order valence-corrected chi connectivity index (χ0v) is 12.2. The Kier molecular flexibility index (Phi) is 3.20. The molecule has 90 valence electrons. The van der Waals surface area contributed by atoms with Crippen LogP contribution in [0.1, 0.15) is 0 Å². The van der Waals surface area contributed by atoms with Crippen molar-refractivity contribution in [2.24, 2.45) is 0 Å². The van der Waals surface area contributed by atoms with Gasteiger partial charge in [0.05, 0.1) is 9.90 Å². The Bertz CT molecular complexity index is 678. The Morgan fingerprint density at radius 3 is 2.89 bits per heavy atom. The second-order valence-electron chi connectivity index (χ2n) is 3.61. The molecule has 1 aromatic carbocycles. The Morgan fingerprint density at radius 1 is 1.28 bits per heavy atom. The number of aromatic nitrogens is 3. The number of benzene rings is 1. The minimum absolute atomic E-state index is 0.663. The molecule has 0 saturated carbocycles. The predicted molar refractivity (Wildman–Crippen MR) is 77.8 cm³/mol. The molecule has 2 heterocycles. The van der Waals surface area contributed by atoms with E-state index < -0.39 is 0 Å². The molecular weight excluding hydrogens is 334 g/mol. The standard InChI is InChI=1S/C12H7BrClN3S/c13-8-6-7(3-4-9(8)14)11-15-12(17-16-11)10-2-1-5-18-10/h1-6H,(H,15,16,17). The van der Waals surface area contributed by atoms with Crippen molar-refractivity contribution >= 4 is 38.9 Å². The fourth-order valence-electron chi connectivity index (χ4n) is 1.55. The van der Waals surface area contributed by atoms with E-state index in [1.54, 1.807) is 11.3 Å². The average molecular weight is 341 g/mol. The van der Waals surface area contributed by atoms with E-state index in [1.807, 2.05) is 35.7 Å². The van der Waals surface area contributed by atoms with E-state index in [-0.39, 0.29) is 0 Å². The molecule has 0 atom stereocenters. The number of hydrogen-bond acceptors (Lipinski definition) is 3. The van der Waals surface area contributed by atoms with Gasteiger partial charge in [-0.15, -0.1) is 11.3 Å². The molecule has 3 rings (SSSR count). The van der Waals surface area contributed by atoms with Crippen molar-refractivity contribution in [3.05, 3.63) is 45.2 Å². The molecule has 0 unspecified atom stereocenters. The van der Waals surface area contributed by atoms with Crippen LogP contribution in [0.25, 0.3) is 22.1 Å². The van der Waals surface area contributed by atoms with Crippen molar-refractivity contribution < 1.29 is 0 Å². The monoisotopic (exact) mass is 339 g/mol. The van der Waals surface area contributed by atoms with Crippen LogP contribution in [0.15, 0.2) is 40.2 Å². The number of hydrogen-bond donors (Lipinski definition) is 1. The van der Waals surface area contributed by atoms with Gasteiger partial charge in [0.1, 0.15) is 0 Å². The highest BCUT2D eigenvalue weighted by Gasteiger charge is 2.09. The number of rotatable bonds is 2. The van der Waals surface area contributed by atoms with E-state index in [2.05, 4.69) is 31.1 Å². The fraction of sp³-hybridized carbons (Fsp3) is 0. The van der Waals surface area contributed by atoms with Crippen molar-refractivity contribution in [2.45, 2.75) is 0 Å². The number of nitrogens with one attached hydrogen (secondary N) is 1. The van der Waals surface area contributed by atoms with E-state index in [4.69, 9.17) is 11.6 Å². The van der Waals surface area contributed by atoms with Gasteiger partial charge < -0.3 is 0 Å². The van der Waals surface area contributed by atoms with Gasteiger partial charge in [0, 0.05) is 10.0 Å². The highest BCUT2D eigenvalue weighted by atomic mass is 79.9. The summed E-state index contributed by atoms with van der Waals surface area (Å²) >= 11 is 11.0. The third-order valence-corrected chi connectivity index (χ3v) is 4.51. The maximum atomic E-state index is 5.96. The molecule has 3 aromatic rings. The molecule has 3 nitrogen and oxygen atoms in total. The molecule has 0 spiro atoms.